The Kier molecular flexibility index (Phi) is 3.32. The molecule has 2 heterocycles. The monoisotopic (exact) mass is 258 g/mol. The van der Waals surface area contributed by atoms with Gasteiger partial charge in [-0.1, -0.05) is 0 Å². The second kappa shape index (κ2) is 4.59. The van der Waals surface area contributed by atoms with Crippen LogP contribution in [-0.2, 0) is 14.8 Å². The number of sulfonamides is 1. The molecule has 2 N–H and O–H groups in total. The van der Waals surface area contributed by atoms with Crippen LogP contribution >= 0.6 is 0 Å². The SMILES string of the molecule is CC1OCCC1NS(=O)(=O)c1ccc(=O)[nH]c1. The van der Waals surface area contributed by atoms with Crippen LogP contribution < -0.4 is 10.3 Å². The first-order valence-electron chi connectivity index (χ1n) is 5.32. The molecule has 17 heavy (non-hydrogen) atoms. The second-order valence-electron chi connectivity index (χ2n) is 3.98. The Morgan fingerprint density at radius 3 is 2.76 bits per heavy atom. The van der Waals surface area contributed by atoms with Crippen molar-refractivity contribution in [1.29, 1.82) is 0 Å². The highest BCUT2D eigenvalue weighted by Gasteiger charge is 2.29. The molecule has 0 saturated carbocycles. The van der Waals surface area contributed by atoms with Gasteiger partial charge in [0.25, 0.3) is 0 Å². The lowest BCUT2D eigenvalue weighted by atomic mass is 10.2. The highest BCUT2D eigenvalue weighted by Crippen LogP contribution is 2.15. The van der Waals surface area contributed by atoms with Gasteiger partial charge < -0.3 is 9.72 Å². The molecule has 0 aliphatic carbocycles. The van der Waals surface area contributed by atoms with E-state index >= 15 is 0 Å². The minimum absolute atomic E-state index is 0.0520. The molecule has 2 rings (SSSR count). The Labute approximate surface area is 99.1 Å². The van der Waals surface area contributed by atoms with Crippen LogP contribution in [-0.4, -0.2) is 32.2 Å². The standard InChI is InChI=1S/C10H14N2O4S/c1-7-9(4-5-16-7)12-17(14,15)8-2-3-10(13)11-6-8/h2-3,6-7,9,12H,4-5H2,1H3,(H,11,13). The fourth-order valence-electron chi connectivity index (χ4n) is 1.72. The molecule has 2 unspecified atom stereocenters. The summed E-state index contributed by atoms with van der Waals surface area (Å²) in [4.78, 5) is 13.2. The largest absolute Gasteiger partial charge is 0.377 e. The molecule has 2 atom stereocenters. The van der Waals surface area contributed by atoms with Gasteiger partial charge in [-0.25, -0.2) is 13.1 Å². The zero-order valence-corrected chi connectivity index (χ0v) is 10.2. The molecule has 1 saturated heterocycles. The summed E-state index contributed by atoms with van der Waals surface area (Å²) >= 11 is 0. The number of nitrogens with one attached hydrogen (secondary N) is 2. The predicted molar refractivity (Wildman–Crippen MR) is 61.2 cm³/mol. The Balaban J connectivity index is 2.19. The molecule has 1 fully saturated rings. The topological polar surface area (TPSA) is 88.3 Å². The van der Waals surface area contributed by atoms with Crippen molar-refractivity contribution in [1.82, 2.24) is 9.71 Å². The maximum atomic E-state index is 12.0. The van der Waals surface area contributed by atoms with Gasteiger partial charge in [-0.15, -0.1) is 0 Å². The van der Waals surface area contributed by atoms with Crippen LogP contribution in [0.5, 0.6) is 0 Å². The van der Waals surface area contributed by atoms with Crippen molar-refractivity contribution < 1.29 is 13.2 Å². The molecular weight excluding hydrogens is 244 g/mol. The zero-order valence-electron chi connectivity index (χ0n) is 9.34. The molecule has 0 aromatic carbocycles. The second-order valence-corrected chi connectivity index (χ2v) is 5.69. The van der Waals surface area contributed by atoms with E-state index in [1.54, 1.807) is 0 Å². The highest BCUT2D eigenvalue weighted by atomic mass is 32.2. The number of pyridine rings is 1. The van der Waals surface area contributed by atoms with Gasteiger partial charge in [-0.05, 0) is 19.4 Å². The van der Waals surface area contributed by atoms with Gasteiger partial charge in [0.15, 0.2) is 0 Å². The highest BCUT2D eigenvalue weighted by molar-refractivity contribution is 7.89. The maximum Gasteiger partial charge on any atom is 0.247 e. The van der Waals surface area contributed by atoms with E-state index in [9.17, 15) is 13.2 Å². The zero-order chi connectivity index (χ0) is 12.5. The van der Waals surface area contributed by atoms with Crippen LogP contribution in [0.2, 0.25) is 0 Å². The number of aromatic nitrogens is 1. The van der Waals surface area contributed by atoms with Crippen molar-refractivity contribution in [3.05, 3.63) is 28.7 Å². The fourth-order valence-corrected chi connectivity index (χ4v) is 3.02. The summed E-state index contributed by atoms with van der Waals surface area (Å²) < 4.78 is 31.8. The van der Waals surface area contributed by atoms with E-state index in [-0.39, 0.29) is 22.6 Å². The van der Waals surface area contributed by atoms with E-state index in [0.29, 0.717) is 13.0 Å². The lowest BCUT2D eigenvalue weighted by Gasteiger charge is -2.15. The summed E-state index contributed by atoms with van der Waals surface area (Å²) in [6.45, 7) is 2.38. The van der Waals surface area contributed by atoms with E-state index in [2.05, 4.69) is 9.71 Å². The van der Waals surface area contributed by atoms with Crippen LogP contribution in [0, 0.1) is 0 Å². The summed E-state index contributed by atoms with van der Waals surface area (Å²) in [7, 11) is -3.59. The first-order valence-corrected chi connectivity index (χ1v) is 6.80. The molecule has 0 radical (unpaired) electrons. The molecule has 94 valence electrons. The molecule has 0 bridgehead atoms. The van der Waals surface area contributed by atoms with Crippen LogP contribution in [0.1, 0.15) is 13.3 Å². The smallest absolute Gasteiger partial charge is 0.247 e. The first kappa shape index (κ1) is 12.3. The first-order chi connectivity index (χ1) is 7.99. The quantitative estimate of drug-likeness (QED) is 0.788. The summed E-state index contributed by atoms with van der Waals surface area (Å²) in [6, 6.07) is 2.25. The minimum Gasteiger partial charge on any atom is -0.377 e. The molecule has 0 amide bonds. The van der Waals surface area contributed by atoms with E-state index < -0.39 is 10.0 Å². The molecule has 0 spiro atoms. The number of rotatable bonds is 3. The van der Waals surface area contributed by atoms with Crippen LogP contribution in [0.25, 0.3) is 0 Å². The summed E-state index contributed by atoms with van der Waals surface area (Å²) in [5.41, 5.74) is -0.332. The number of aromatic amines is 1. The molecule has 1 aromatic rings. The Morgan fingerprint density at radius 1 is 1.47 bits per heavy atom. The molecular formula is C10H14N2O4S. The van der Waals surface area contributed by atoms with Crippen molar-refractivity contribution >= 4 is 10.0 Å². The van der Waals surface area contributed by atoms with Gasteiger partial charge in [-0.3, -0.25) is 4.79 Å². The van der Waals surface area contributed by atoms with Gasteiger partial charge >= 0.3 is 0 Å². The van der Waals surface area contributed by atoms with Gasteiger partial charge in [0.05, 0.1) is 17.0 Å². The van der Waals surface area contributed by atoms with Crippen molar-refractivity contribution in [2.75, 3.05) is 6.61 Å². The average Bonchev–Trinajstić information content (AvgIpc) is 2.64. The van der Waals surface area contributed by atoms with Crippen molar-refractivity contribution in [3.63, 3.8) is 0 Å². The number of hydrogen-bond donors (Lipinski definition) is 2. The molecule has 7 heteroatoms. The Hall–Kier alpha value is -1.18. The van der Waals surface area contributed by atoms with Crippen LogP contribution in [0.3, 0.4) is 0 Å². The lowest BCUT2D eigenvalue weighted by Crippen LogP contribution is -2.39. The maximum absolute atomic E-state index is 12.0. The molecule has 1 aromatic heterocycles. The third kappa shape index (κ3) is 2.74. The Morgan fingerprint density at radius 2 is 2.24 bits per heavy atom. The molecule has 1 aliphatic rings. The third-order valence-electron chi connectivity index (χ3n) is 2.75. The summed E-state index contributed by atoms with van der Waals surface area (Å²) in [6.07, 6.45) is 1.71. The molecule has 6 nitrogen and oxygen atoms in total. The molecule has 1 aliphatic heterocycles. The van der Waals surface area contributed by atoms with Crippen molar-refractivity contribution in [3.8, 4) is 0 Å². The Bertz CT molecular complexity index is 531. The van der Waals surface area contributed by atoms with E-state index in [4.69, 9.17) is 4.74 Å². The van der Waals surface area contributed by atoms with E-state index in [0.717, 1.165) is 0 Å². The predicted octanol–water partition coefficient (Wildman–Crippen LogP) is -0.169. The lowest BCUT2D eigenvalue weighted by molar-refractivity contribution is 0.117. The van der Waals surface area contributed by atoms with Gasteiger partial charge in [0.2, 0.25) is 15.6 Å². The fraction of sp³-hybridized carbons (Fsp3) is 0.500. The van der Waals surface area contributed by atoms with Crippen LogP contribution in [0.4, 0.5) is 0 Å². The normalized spacial score (nSPS) is 25.0. The van der Waals surface area contributed by atoms with E-state index in [1.807, 2.05) is 6.92 Å². The van der Waals surface area contributed by atoms with E-state index in [1.165, 1.54) is 18.3 Å². The third-order valence-corrected chi connectivity index (χ3v) is 4.24. The summed E-state index contributed by atoms with van der Waals surface area (Å²) in [5, 5.41) is 0. The summed E-state index contributed by atoms with van der Waals surface area (Å²) in [5.74, 6) is 0. The average molecular weight is 258 g/mol. The van der Waals surface area contributed by atoms with Crippen molar-refractivity contribution in [2.45, 2.75) is 30.4 Å². The van der Waals surface area contributed by atoms with Gasteiger partial charge in [0.1, 0.15) is 0 Å². The van der Waals surface area contributed by atoms with Crippen LogP contribution in [0.15, 0.2) is 28.0 Å². The number of H-pyrrole nitrogens is 1. The van der Waals surface area contributed by atoms with Crippen molar-refractivity contribution in [2.24, 2.45) is 0 Å². The number of hydrogen-bond acceptors (Lipinski definition) is 4. The van der Waals surface area contributed by atoms with Gasteiger partial charge in [0, 0.05) is 18.9 Å². The minimum atomic E-state index is -3.59. The van der Waals surface area contributed by atoms with Gasteiger partial charge in [-0.2, -0.15) is 0 Å². The number of ether oxygens (including phenoxy) is 1.